The number of carbonyl (C=O) groups is 1. The van der Waals surface area contributed by atoms with E-state index in [1.807, 2.05) is 0 Å². The van der Waals surface area contributed by atoms with E-state index in [0.717, 1.165) is 0 Å². The van der Waals surface area contributed by atoms with Crippen LogP contribution in [0.3, 0.4) is 0 Å². The van der Waals surface area contributed by atoms with Crippen LogP contribution in [0.15, 0.2) is 22.8 Å². The number of rotatable bonds is 2. The lowest BCUT2D eigenvalue weighted by molar-refractivity contribution is -0.171. The molecule has 0 radical (unpaired) electrons. The molecule has 0 aliphatic carbocycles. The monoisotopic (exact) mass is 210 g/mol. The topological polar surface area (TPSA) is 59.7 Å². The molecule has 0 saturated carbocycles. The van der Waals surface area contributed by atoms with Crippen LogP contribution in [-0.2, 0) is 16.0 Å². The zero-order chi connectivity index (χ0) is 10.9. The normalized spacial score (nSPS) is 31.3. The van der Waals surface area contributed by atoms with Gasteiger partial charge in [-0.2, -0.15) is 0 Å². The summed E-state index contributed by atoms with van der Waals surface area (Å²) in [5.74, 6) is -0.181. The number of esters is 1. The Kier molecular flexibility index (Phi) is 2.52. The number of hydrogen-bond acceptors (Lipinski definition) is 4. The predicted octanol–water partition coefficient (Wildman–Crippen LogP) is 1.14. The molecule has 1 saturated heterocycles. The van der Waals surface area contributed by atoms with Crippen LogP contribution < -0.4 is 0 Å². The molecule has 2 atom stereocenters. The van der Waals surface area contributed by atoms with Crippen molar-refractivity contribution in [2.75, 3.05) is 6.61 Å². The Morgan fingerprint density at radius 2 is 2.47 bits per heavy atom. The van der Waals surface area contributed by atoms with E-state index >= 15 is 0 Å². The fourth-order valence-corrected chi connectivity index (χ4v) is 1.82. The fourth-order valence-electron chi connectivity index (χ4n) is 1.82. The minimum atomic E-state index is -0.998. The molecule has 0 unspecified atom stereocenters. The molecule has 15 heavy (non-hydrogen) atoms. The molecular weight excluding hydrogens is 196 g/mol. The van der Waals surface area contributed by atoms with Gasteiger partial charge in [-0.3, -0.25) is 4.79 Å². The quantitative estimate of drug-likeness (QED) is 0.743. The molecule has 2 rings (SSSR count). The lowest BCUT2D eigenvalue weighted by Crippen LogP contribution is -2.46. The van der Waals surface area contributed by atoms with E-state index in [1.165, 1.54) is 0 Å². The molecule has 0 aromatic carbocycles. The van der Waals surface area contributed by atoms with Gasteiger partial charge in [0, 0.05) is 12.8 Å². The van der Waals surface area contributed by atoms with Gasteiger partial charge in [0.15, 0.2) is 0 Å². The second kappa shape index (κ2) is 3.70. The van der Waals surface area contributed by atoms with E-state index in [2.05, 4.69) is 0 Å². The van der Waals surface area contributed by atoms with Gasteiger partial charge in [-0.15, -0.1) is 0 Å². The highest BCUT2D eigenvalue weighted by Gasteiger charge is 2.42. The molecule has 1 aromatic rings. The van der Waals surface area contributed by atoms with Gasteiger partial charge in [0.2, 0.25) is 0 Å². The lowest BCUT2D eigenvalue weighted by atomic mass is 9.82. The number of carbonyl (C=O) groups excluding carboxylic acids is 1. The Morgan fingerprint density at radius 1 is 1.67 bits per heavy atom. The van der Waals surface area contributed by atoms with Crippen LogP contribution in [0.5, 0.6) is 0 Å². The maximum absolute atomic E-state index is 11.5. The number of hydrogen-bond donors (Lipinski definition) is 1. The second-order valence-corrected chi connectivity index (χ2v) is 4.11. The summed E-state index contributed by atoms with van der Waals surface area (Å²) in [7, 11) is 0. The highest BCUT2D eigenvalue weighted by atomic mass is 16.5. The van der Waals surface area contributed by atoms with Crippen LogP contribution in [0.1, 0.15) is 19.1 Å². The third-order valence-electron chi connectivity index (χ3n) is 2.87. The maximum Gasteiger partial charge on any atom is 0.312 e. The van der Waals surface area contributed by atoms with E-state index in [-0.39, 0.29) is 5.97 Å². The van der Waals surface area contributed by atoms with Gasteiger partial charge >= 0.3 is 5.97 Å². The van der Waals surface area contributed by atoms with E-state index < -0.39 is 11.5 Å². The zero-order valence-electron chi connectivity index (χ0n) is 8.60. The van der Waals surface area contributed by atoms with Crippen molar-refractivity contribution in [1.29, 1.82) is 0 Å². The Hall–Kier alpha value is -1.29. The standard InChI is InChI=1S/C11H14O4/c1-11(13)4-6-15-10(12)9(11)7-8-3-2-5-14-8/h2-3,5,9,13H,4,6-7H2,1H3/t9-,11+/m0/s1. The van der Waals surface area contributed by atoms with Crippen molar-refractivity contribution in [3.8, 4) is 0 Å². The van der Waals surface area contributed by atoms with Crippen molar-refractivity contribution in [3.63, 3.8) is 0 Å². The SMILES string of the molecule is C[C@@]1(O)CCOC(=O)[C@@H]1Cc1ccco1. The number of cyclic esters (lactones) is 1. The second-order valence-electron chi connectivity index (χ2n) is 4.11. The number of aliphatic hydroxyl groups is 1. The number of furan rings is 1. The van der Waals surface area contributed by atoms with Crippen molar-refractivity contribution < 1.29 is 19.1 Å². The minimum Gasteiger partial charge on any atom is -0.469 e. The third-order valence-corrected chi connectivity index (χ3v) is 2.87. The third kappa shape index (κ3) is 2.04. The molecule has 82 valence electrons. The molecule has 1 aliphatic rings. The first kappa shape index (κ1) is 10.2. The van der Waals surface area contributed by atoms with Gasteiger partial charge in [0.1, 0.15) is 5.76 Å². The average Bonchev–Trinajstić information content (AvgIpc) is 2.63. The van der Waals surface area contributed by atoms with Crippen molar-refractivity contribution in [3.05, 3.63) is 24.2 Å². The van der Waals surface area contributed by atoms with E-state index in [4.69, 9.17) is 9.15 Å². The van der Waals surface area contributed by atoms with Gasteiger partial charge in [-0.1, -0.05) is 0 Å². The largest absolute Gasteiger partial charge is 0.469 e. The van der Waals surface area contributed by atoms with Crippen molar-refractivity contribution in [2.45, 2.75) is 25.4 Å². The predicted molar refractivity (Wildman–Crippen MR) is 52.1 cm³/mol. The van der Waals surface area contributed by atoms with Crippen LogP contribution in [0.2, 0.25) is 0 Å². The summed E-state index contributed by atoms with van der Waals surface area (Å²) >= 11 is 0. The Morgan fingerprint density at radius 3 is 3.07 bits per heavy atom. The van der Waals surface area contributed by atoms with Gasteiger partial charge < -0.3 is 14.3 Å². The minimum absolute atomic E-state index is 0.292. The van der Waals surface area contributed by atoms with Crippen LogP contribution in [0.4, 0.5) is 0 Å². The van der Waals surface area contributed by atoms with E-state index in [0.29, 0.717) is 25.2 Å². The van der Waals surface area contributed by atoms with Crippen LogP contribution in [0, 0.1) is 5.92 Å². The molecule has 1 fully saturated rings. The molecule has 0 bridgehead atoms. The molecule has 4 heteroatoms. The van der Waals surface area contributed by atoms with Crippen molar-refractivity contribution in [2.24, 2.45) is 5.92 Å². The summed E-state index contributed by atoms with van der Waals surface area (Å²) in [5, 5.41) is 10.1. The fraction of sp³-hybridized carbons (Fsp3) is 0.545. The summed E-state index contributed by atoms with van der Waals surface area (Å²) in [6.07, 6.45) is 2.42. The van der Waals surface area contributed by atoms with Crippen LogP contribution in [0.25, 0.3) is 0 Å². The first-order chi connectivity index (χ1) is 7.09. The van der Waals surface area contributed by atoms with Crippen molar-refractivity contribution in [1.82, 2.24) is 0 Å². The highest BCUT2D eigenvalue weighted by molar-refractivity contribution is 5.75. The highest BCUT2D eigenvalue weighted by Crippen LogP contribution is 2.30. The Balaban J connectivity index is 2.14. The molecule has 2 heterocycles. The molecule has 1 N–H and O–H groups in total. The molecule has 4 nitrogen and oxygen atoms in total. The summed E-state index contributed by atoms with van der Waals surface area (Å²) in [4.78, 5) is 11.5. The van der Waals surface area contributed by atoms with Gasteiger partial charge in [-0.25, -0.2) is 0 Å². The smallest absolute Gasteiger partial charge is 0.312 e. The van der Waals surface area contributed by atoms with Crippen LogP contribution in [-0.4, -0.2) is 23.3 Å². The van der Waals surface area contributed by atoms with E-state index in [9.17, 15) is 9.90 Å². The first-order valence-electron chi connectivity index (χ1n) is 5.01. The lowest BCUT2D eigenvalue weighted by Gasteiger charge is -2.34. The molecule has 1 aromatic heterocycles. The Bertz CT molecular complexity index is 339. The molecule has 0 amide bonds. The number of ether oxygens (including phenoxy) is 1. The zero-order valence-corrected chi connectivity index (χ0v) is 8.60. The average molecular weight is 210 g/mol. The summed E-state index contributed by atoms with van der Waals surface area (Å²) in [6, 6.07) is 3.55. The van der Waals surface area contributed by atoms with Gasteiger partial charge in [0.25, 0.3) is 0 Å². The molecule has 1 aliphatic heterocycles. The maximum atomic E-state index is 11.5. The summed E-state index contributed by atoms with van der Waals surface area (Å²) < 4.78 is 10.1. The first-order valence-corrected chi connectivity index (χ1v) is 5.01. The summed E-state index contributed by atoms with van der Waals surface area (Å²) in [5.41, 5.74) is -0.998. The van der Waals surface area contributed by atoms with Crippen molar-refractivity contribution >= 4 is 5.97 Å². The Labute approximate surface area is 87.8 Å². The van der Waals surface area contributed by atoms with Crippen LogP contribution >= 0.6 is 0 Å². The molecular formula is C11H14O4. The van der Waals surface area contributed by atoms with Gasteiger partial charge in [0.05, 0.1) is 24.4 Å². The summed E-state index contributed by atoms with van der Waals surface area (Å²) in [6.45, 7) is 1.96. The van der Waals surface area contributed by atoms with E-state index in [1.54, 1.807) is 25.3 Å². The van der Waals surface area contributed by atoms with Gasteiger partial charge in [-0.05, 0) is 19.1 Å². The molecule has 0 spiro atoms.